The molecule has 4 heteroatoms. The lowest BCUT2D eigenvalue weighted by molar-refractivity contribution is -0.135. The fourth-order valence-corrected chi connectivity index (χ4v) is 2.30. The van der Waals surface area contributed by atoms with Gasteiger partial charge < -0.3 is 4.74 Å². The van der Waals surface area contributed by atoms with E-state index in [1.54, 1.807) is 5.38 Å². The second-order valence-corrected chi connectivity index (χ2v) is 3.88. The van der Waals surface area contributed by atoms with Gasteiger partial charge in [0.1, 0.15) is 0 Å². The first-order valence-electron chi connectivity index (χ1n) is 4.33. The van der Waals surface area contributed by atoms with Crippen LogP contribution in [0.15, 0.2) is 29.6 Å². The molecule has 0 bridgehead atoms. The molecule has 1 heterocycles. The molecule has 1 aromatic carbocycles. The van der Waals surface area contributed by atoms with Gasteiger partial charge in [0.15, 0.2) is 0 Å². The van der Waals surface area contributed by atoms with Gasteiger partial charge in [0.05, 0.1) is 7.11 Å². The van der Waals surface area contributed by atoms with Crippen molar-refractivity contribution in [2.75, 3.05) is 7.11 Å². The number of ether oxygens (including phenoxy) is 1. The minimum absolute atomic E-state index is 0.419. The minimum atomic E-state index is -0.821. The number of hydrogen-bond acceptors (Lipinski definition) is 4. The monoisotopic (exact) mass is 220 g/mol. The van der Waals surface area contributed by atoms with Crippen molar-refractivity contribution in [3.63, 3.8) is 0 Å². The van der Waals surface area contributed by atoms with Crippen LogP contribution in [-0.2, 0) is 9.53 Å². The Hall–Kier alpha value is -1.68. The number of ketones is 1. The molecule has 0 aliphatic heterocycles. The molecule has 0 spiro atoms. The van der Waals surface area contributed by atoms with Crippen molar-refractivity contribution in [3.05, 3.63) is 35.2 Å². The summed E-state index contributed by atoms with van der Waals surface area (Å²) in [5.41, 5.74) is 0.419. The zero-order chi connectivity index (χ0) is 10.8. The number of hydrogen-bond donors (Lipinski definition) is 0. The van der Waals surface area contributed by atoms with Crippen molar-refractivity contribution >= 4 is 33.2 Å². The van der Waals surface area contributed by atoms with Crippen molar-refractivity contribution in [3.8, 4) is 0 Å². The van der Waals surface area contributed by atoms with E-state index in [-0.39, 0.29) is 0 Å². The number of carbonyl (C=O) groups excluding carboxylic acids is 2. The molecule has 0 aliphatic carbocycles. The Bertz CT molecular complexity index is 527. The predicted octanol–water partition coefficient (Wildman–Crippen LogP) is 2.26. The standard InChI is InChI=1S/C11H8O3S/c1-14-11(13)10(12)8-6-15-9-5-3-2-4-7(8)9/h2-6H,1H3. The summed E-state index contributed by atoms with van der Waals surface area (Å²) in [6.45, 7) is 0. The summed E-state index contributed by atoms with van der Waals surface area (Å²) in [5.74, 6) is -1.41. The number of methoxy groups -OCH3 is 1. The molecule has 3 nitrogen and oxygen atoms in total. The zero-order valence-corrected chi connectivity index (χ0v) is 8.84. The van der Waals surface area contributed by atoms with Gasteiger partial charge in [-0.15, -0.1) is 11.3 Å². The summed E-state index contributed by atoms with van der Waals surface area (Å²) in [4.78, 5) is 22.7. The van der Waals surface area contributed by atoms with Gasteiger partial charge in [0, 0.05) is 21.0 Å². The van der Waals surface area contributed by atoms with Crippen molar-refractivity contribution in [2.45, 2.75) is 0 Å². The number of esters is 1. The van der Waals surface area contributed by atoms with Gasteiger partial charge in [-0.1, -0.05) is 18.2 Å². The lowest BCUT2D eigenvalue weighted by Crippen LogP contribution is -2.14. The molecule has 0 unspecified atom stereocenters. The second kappa shape index (κ2) is 3.82. The molecule has 0 amide bonds. The third-order valence-corrected chi connectivity index (χ3v) is 3.06. The number of rotatable bonds is 2. The van der Waals surface area contributed by atoms with Crippen molar-refractivity contribution in [2.24, 2.45) is 0 Å². The molecular formula is C11H8O3S. The average Bonchev–Trinajstić information content (AvgIpc) is 2.70. The molecule has 0 atom stereocenters. The summed E-state index contributed by atoms with van der Waals surface area (Å²) in [6.07, 6.45) is 0. The Labute approximate surface area is 90.3 Å². The molecular weight excluding hydrogens is 212 g/mol. The molecule has 2 aromatic rings. The van der Waals surface area contributed by atoms with Crippen LogP contribution in [-0.4, -0.2) is 18.9 Å². The van der Waals surface area contributed by atoms with E-state index in [2.05, 4.69) is 4.74 Å². The molecule has 0 N–H and O–H groups in total. The van der Waals surface area contributed by atoms with Crippen LogP contribution < -0.4 is 0 Å². The number of thiophene rings is 1. The largest absolute Gasteiger partial charge is 0.463 e. The highest BCUT2D eigenvalue weighted by molar-refractivity contribution is 7.17. The molecule has 0 saturated heterocycles. The van der Waals surface area contributed by atoms with Crippen LogP contribution in [0, 0.1) is 0 Å². The smallest absolute Gasteiger partial charge is 0.379 e. The van der Waals surface area contributed by atoms with Gasteiger partial charge >= 0.3 is 5.97 Å². The highest BCUT2D eigenvalue weighted by Crippen LogP contribution is 2.25. The lowest BCUT2D eigenvalue weighted by Gasteiger charge is -1.96. The molecule has 0 fully saturated rings. The molecule has 1 aromatic heterocycles. The van der Waals surface area contributed by atoms with E-state index in [4.69, 9.17) is 0 Å². The van der Waals surface area contributed by atoms with Crippen molar-refractivity contribution in [1.82, 2.24) is 0 Å². The van der Waals surface area contributed by atoms with Gasteiger partial charge in [0.2, 0.25) is 0 Å². The normalized spacial score (nSPS) is 10.2. The average molecular weight is 220 g/mol. The highest BCUT2D eigenvalue weighted by Gasteiger charge is 2.19. The van der Waals surface area contributed by atoms with Gasteiger partial charge in [-0.05, 0) is 6.07 Å². The molecule has 15 heavy (non-hydrogen) atoms. The maximum atomic E-state index is 11.6. The Morgan fingerprint density at radius 1 is 1.27 bits per heavy atom. The first kappa shape index (κ1) is 9.86. The van der Waals surface area contributed by atoms with Crippen LogP contribution in [0.5, 0.6) is 0 Å². The molecule has 76 valence electrons. The van der Waals surface area contributed by atoms with E-state index in [0.29, 0.717) is 5.56 Å². The van der Waals surface area contributed by atoms with Gasteiger partial charge in [-0.3, -0.25) is 4.79 Å². The zero-order valence-electron chi connectivity index (χ0n) is 8.02. The van der Waals surface area contributed by atoms with Gasteiger partial charge in [-0.2, -0.15) is 0 Å². The molecule has 0 aliphatic rings. The van der Waals surface area contributed by atoms with Crippen LogP contribution in [0.25, 0.3) is 10.1 Å². The van der Waals surface area contributed by atoms with E-state index in [1.807, 2.05) is 24.3 Å². The third kappa shape index (κ3) is 1.64. The summed E-state index contributed by atoms with van der Waals surface area (Å²) < 4.78 is 5.39. The fraction of sp³-hybridized carbons (Fsp3) is 0.0909. The van der Waals surface area contributed by atoms with Crippen LogP contribution in [0.1, 0.15) is 10.4 Å². The number of benzene rings is 1. The summed E-state index contributed by atoms with van der Waals surface area (Å²) in [5, 5.41) is 2.49. The lowest BCUT2D eigenvalue weighted by atomic mass is 10.1. The van der Waals surface area contributed by atoms with E-state index in [9.17, 15) is 9.59 Å². The SMILES string of the molecule is COC(=O)C(=O)c1csc2ccccc12. The van der Waals surface area contributed by atoms with Crippen molar-refractivity contribution in [1.29, 1.82) is 0 Å². The third-order valence-electron chi connectivity index (χ3n) is 2.10. The van der Waals surface area contributed by atoms with E-state index >= 15 is 0 Å². The van der Waals surface area contributed by atoms with E-state index in [1.165, 1.54) is 18.4 Å². The minimum Gasteiger partial charge on any atom is -0.463 e. The first-order valence-corrected chi connectivity index (χ1v) is 5.21. The first-order chi connectivity index (χ1) is 7.24. The summed E-state index contributed by atoms with van der Waals surface area (Å²) in [6, 6.07) is 7.46. The maximum Gasteiger partial charge on any atom is 0.379 e. The summed E-state index contributed by atoms with van der Waals surface area (Å²) in [7, 11) is 1.20. The van der Waals surface area contributed by atoms with Crippen LogP contribution in [0.3, 0.4) is 0 Å². The number of Topliss-reactive ketones (excluding diaryl/α,β-unsaturated/α-hetero) is 1. The number of carbonyl (C=O) groups is 2. The molecule has 0 radical (unpaired) electrons. The van der Waals surface area contributed by atoms with E-state index < -0.39 is 11.8 Å². The topological polar surface area (TPSA) is 43.4 Å². The number of fused-ring (bicyclic) bond motifs is 1. The fourth-order valence-electron chi connectivity index (χ4n) is 1.36. The predicted molar refractivity (Wildman–Crippen MR) is 58.2 cm³/mol. The Morgan fingerprint density at radius 2 is 2.00 bits per heavy atom. The van der Waals surface area contributed by atoms with Crippen molar-refractivity contribution < 1.29 is 14.3 Å². The van der Waals surface area contributed by atoms with Crippen LogP contribution in [0.4, 0.5) is 0 Å². The van der Waals surface area contributed by atoms with Gasteiger partial charge in [-0.25, -0.2) is 4.79 Å². The van der Waals surface area contributed by atoms with Gasteiger partial charge in [0.25, 0.3) is 5.78 Å². The Kier molecular flexibility index (Phi) is 2.51. The quantitative estimate of drug-likeness (QED) is 0.443. The highest BCUT2D eigenvalue weighted by atomic mass is 32.1. The van der Waals surface area contributed by atoms with Crippen LogP contribution in [0.2, 0.25) is 0 Å². The summed E-state index contributed by atoms with van der Waals surface area (Å²) >= 11 is 1.44. The van der Waals surface area contributed by atoms with E-state index in [0.717, 1.165) is 10.1 Å². The molecule has 0 saturated carbocycles. The Balaban J connectivity index is 2.53. The second-order valence-electron chi connectivity index (χ2n) is 2.97. The Morgan fingerprint density at radius 3 is 2.73 bits per heavy atom. The maximum absolute atomic E-state index is 11.6. The van der Waals surface area contributed by atoms with Crippen LogP contribution >= 0.6 is 11.3 Å². The molecule has 2 rings (SSSR count).